The van der Waals surface area contributed by atoms with E-state index in [2.05, 4.69) is 20.7 Å². The summed E-state index contributed by atoms with van der Waals surface area (Å²) in [6.07, 6.45) is 6.32. The molecule has 3 unspecified atom stereocenters. The molecule has 4 atom stereocenters. The maximum Gasteiger partial charge on any atom is 0.248 e. The number of aliphatic hydroxyl groups excluding tert-OH is 1. The van der Waals surface area contributed by atoms with Gasteiger partial charge in [0.15, 0.2) is 0 Å². The van der Waals surface area contributed by atoms with Crippen LogP contribution in [0.15, 0.2) is 24.7 Å². The van der Waals surface area contributed by atoms with Crippen LogP contribution in [0.2, 0.25) is 0 Å². The Morgan fingerprint density at radius 2 is 1.97 bits per heavy atom. The van der Waals surface area contributed by atoms with Gasteiger partial charge in [0.05, 0.1) is 18.3 Å². The van der Waals surface area contributed by atoms with Gasteiger partial charge >= 0.3 is 0 Å². The van der Waals surface area contributed by atoms with E-state index in [1.807, 2.05) is 20.8 Å². The van der Waals surface area contributed by atoms with Gasteiger partial charge in [-0.1, -0.05) is 26.0 Å². The number of rotatable bonds is 8. The lowest BCUT2D eigenvalue weighted by Gasteiger charge is -2.35. The van der Waals surface area contributed by atoms with E-state index < -0.39 is 41.0 Å². The lowest BCUT2D eigenvalue weighted by Crippen LogP contribution is -2.61. The first-order valence-corrected chi connectivity index (χ1v) is 11.9. The molecule has 2 fully saturated rings. The normalized spacial score (nSPS) is 23.1. The Hall–Kier alpha value is -3.28. The van der Waals surface area contributed by atoms with Gasteiger partial charge in [-0.2, -0.15) is 5.10 Å². The van der Waals surface area contributed by atoms with E-state index in [-0.39, 0.29) is 25.4 Å². The van der Waals surface area contributed by atoms with E-state index in [0.717, 1.165) is 18.5 Å². The third kappa shape index (κ3) is 5.21. The Balaban J connectivity index is 1.57. The molecule has 4 N–H and O–H groups in total. The van der Waals surface area contributed by atoms with Crippen molar-refractivity contribution in [1.82, 2.24) is 35.0 Å². The van der Waals surface area contributed by atoms with Gasteiger partial charge in [-0.3, -0.25) is 19.1 Å². The number of carbonyl (C=O) groups excluding carboxylic acids is 3. The van der Waals surface area contributed by atoms with Gasteiger partial charge in [0, 0.05) is 37.5 Å². The smallest absolute Gasteiger partial charge is 0.248 e. The number of primary amides is 1. The zero-order valence-corrected chi connectivity index (χ0v) is 20.6. The van der Waals surface area contributed by atoms with E-state index in [1.165, 1.54) is 16.5 Å². The van der Waals surface area contributed by atoms with Crippen molar-refractivity contribution < 1.29 is 19.5 Å². The number of aromatic nitrogens is 5. The summed E-state index contributed by atoms with van der Waals surface area (Å²) in [5, 5.41) is 25.7. The van der Waals surface area contributed by atoms with Crippen LogP contribution < -0.4 is 11.1 Å². The third-order valence-electron chi connectivity index (χ3n) is 6.69. The predicted octanol–water partition coefficient (Wildman–Crippen LogP) is -0.0386. The molecular weight excluding hydrogens is 452 g/mol. The lowest BCUT2D eigenvalue weighted by atomic mass is 9.85. The van der Waals surface area contributed by atoms with Gasteiger partial charge in [-0.15, -0.1) is 5.10 Å². The predicted molar refractivity (Wildman–Crippen MR) is 125 cm³/mol. The molecule has 2 aromatic rings. The first-order valence-electron chi connectivity index (χ1n) is 11.9. The summed E-state index contributed by atoms with van der Waals surface area (Å²) in [4.78, 5) is 40.9. The quantitative estimate of drug-likeness (QED) is 0.472. The van der Waals surface area contributed by atoms with Gasteiger partial charge in [0.2, 0.25) is 17.7 Å². The molecule has 2 aromatic heterocycles. The molecule has 0 bridgehead atoms. The number of β-amino-alcohol motifs (C(OH)–C–C–N with tert-alkyl or cyclic N) is 1. The van der Waals surface area contributed by atoms with Crippen LogP contribution in [0.3, 0.4) is 0 Å². The molecular formula is C23H34N8O4. The van der Waals surface area contributed by atoms with Crippen LogP contribution in [-0.2, 0) is 20.9 Å². The van der Waals surface area contributed by atoms with Gasteiger partial charge < -0.3 is 21.1 Å². The highest BCUT2D eigenvalue weighted by Crippen LogP contribution is 2.40. The number of aliphatic hydroxyl groups is 1. The third-order valence-corrected chi connectivity index (χ3v) is 6.69. The van der Waals surface area contributed by atoms with E-state index >= 15 is 0 Å². The number of nitrogens with zero attached hydrogens (tertiary/aromatic N) is 6. The Morgan fingerprint density at radius 3 is 2.54 bits per heavy atom. The number of hydrogen-bond donors (Lipinski definition) is 3. The fourth-order valence-electron chi connectivity index (χ4n) is 4.58. The Bertz CT molecular complexity index is 1090. The second-order valence-electron chi connectivity index (χ2n) is 11.0. The molecule has 3 amide bonds. The molecule has 0 radical (unpaired) electrons. The Kier molecular flexibility index (Phi) is 6.43. The Morgan fingerprint density at radius 1 is 1.26 bits per heavy atom. The molecule has 0 aromatic carbocycles. The minimum atomic E-state index is -1.44. The molecule has 2 aliphatic rings. The summed E-state index contributed by atoms with van der Waals surface area (Å²) in [7, 11) is 0. The molecule has 12 nitrogen and oxygen atoms in total. The Labute approximate surface area is 203 Å². The molecule has 0 spiro atoms. The fraction of sp³-hybridized carbons (Fsp3) is 0.652. The SMILES string of the molecule is CC(Cn1cccn1)(NC(=O)C1CC(O)CN1C(=O)[C@@H](n1cc(C2CC2)nn1)C(C)(C)C)C(N)=O. The number of hydrogen-bond acceptors (Lipinski definition) is 7. The highest BCUT2D eigenvalue weighted by molar-refractivity contribution is 5.94. The van der Waals surface area contributed by atoms with Crippen LogP contribution in [0, 0.1) is 5.41 Å². The summed E-state index contributed by atoms with van der Waals surface area (Å²) in [5.74, 6) is -1.25. The minimum Gasteiger partial charge on any atom is -0.391 e. The van der Waals surface area contributed by atoms with E-state index in [0.29, 0.717) is 5.92 Å². The number of carbonyl (C=O) groups is 3. The summed E-state index contributed by atoms with van der Waals surface area (Å²) >= 11 is 0. The standard InChI is InChI=1S/C23H34N8O4/c1-22(2,3)18(31-12-16(27-28-31)14-6-7-14)20(34)30-11-15(32)10-17(30)19(33)26-23(4,21(24)35)13-29-9-5-8-25-29/h5,8-9,12,14-15,17-18,32H,6-7,10-11,13H2,1-4H3,(H2,24,35)(H,26,33)/t15?,17?,18-,23?/m1/s1. The van der Waals surface area contributed by atoms with Crippen molar-refractivity contribution in [2.45, 2.75) is 83.1 Å². The largest absolute Gasteiger partial charge is 0.391 e. The van der Waals surface area contributed by atoms with E-state index in [9.17, 15) is 19.5 Å². The summed E-state index contributed by atoms with van der Waals surface area (Å²) in [6.45, 7) is 7.30. The number of nitrogens with two attached hydrogens (primary N) is 1. The molecule has 190 valence electrons. The summed E-state index contributed by atoms with van der Waals surface area (Å²) in [6, 6.07) is 0.00215. The summed E-state index contributed by atoms with van der Waals surface area (Å²) in [5.41, 5.74) is 4.50. The fourth-order valence-corrected chi connectivity index (χ4v) is 4.58. The van der Waals surface area contributed by atoms with Crippen molar-refractivity contribution in [3.63, 3.8) is 0 Å². The minimum absolute atomic E-state index is 0.000120. The molecule has 1 aliphatic carbocycles. The van der Waals surface area contributed by atoms with E-state index in [4.69, 9.17) is 5.73 Å². The average Bonchev–Trinajstić information content (AvgIpc) is 3.12. The van der Waals surface area contributed by atoms with Crippen LogP contribution >= 0.6 is 0 Å². The highest BCUT2D eigenvalue weighted by Gasteiger charge is 2.47. The number of nitrogens with one attached hydrogen (secondary N) is 1. The van der Waals surface area contributed by atoms with Crippen LogP contribution in [0.4, 0.5) is 0 Å². The van der Waals surface area contributed by atoms with Gasteiger partial charge in [0.1, 0.15) is 17.6 Å². The van der Waals surface area contributed by atoms with E-state index in [1.54, 1.807) is 29.3 Å². The zero-order valence-electron chi connectivity index (χ0n) is 20.6. The van der Waals surface area contributed by atoms with Gasteiger partial charge in [-0.05, 0) is 31.2 Å². The molecule has 3 heterocycles. The number of amides is 3. The molecule has 12 heteroatoms. The lowest BCUT2D eigenvalue weighted by molar-refractivity contribution is -0.145. The zero-order chi connectivity index (χ0) is 25.5. The topological polar surface area (TPSA) is 161 Å². The second-order valence-corrected chi connectivity index (χ2v) is 11.0. The highest BCUT2D eigenvalue weighted by atomic mass is 16.3. The first kappa shape index (κ1) is 24.8. The van der Waals surface area contributed by atoms with Crippen molar-refractivity contribution in [2.24, 2.45) is 11.1 Å². The van der Waals surface area contributed by atoms with Crippen molar-refractivity contribution in [2.75, 3.05) is 6.54 Å². The molecule has 1 aliphatic heterocycles. The van der Waals surface area contributed by atoms with Crippen LogP contribution in [-0.4, -0.2) is 76.7 Å². The van der Waals surface area contributed by atoms with Gasteiger partial charge in [-0.25, -0.2) is 4.68 Å². The second kappa shape index (κ2) is 9.06. The van der Waals surface area contributed by atoms with Crippen LogP contribution in [0.5, 0.6) is 0 Å². The van der Waals surface area contributed by atoms with Crippen molar-refractivity contribution >= 4 is 17.7 Å². The summed E-state index contributed by atoms with van der Waals surface area (Å²) < 4.78 is 3.07. The van der Waals surface area contributed by atoms with Crippen LogP contribution in [0.1, 0.15) is 64.6 Å². The van der Waals surface area contributed by atoms with Crippen LogP contribution in [0.25, 0.3) is 0 Å². The number of likely N-dealkylation sites (tertiary alicyclic amines) is 1. The van der Waals surface area contributed by atoms with Crippen molar-refractivity contribution in [3.8, 4) is 0 Å². The van der Waals surface area contributed by atoms with Crippen molar-refractivity contribution in [1.29, 1.82) is 0 Å². The molecule has 4 rings (SSSR count). The molecule has 1 saturated carbocycles. The molecule has 35 heavy (non-hydrogen) atoms. The maximum absolute atomic E-state index is 13.8. The molecule has 1 saturated heterocycles. The maximum atomic E-state index is 13.8. The monoisotopic (exact) mass is 486 g/mol. The first-order chi connectivity index (χ1) is 16.4. The average molecular weight is 487 g/mol. The van der Waals surface area contributed by atoms with Gasteiger partial charge in [0.25, 0.3) is 0 Å². The van der Waals surface area contributed by atoms with Crippen molar-refractivity contribution in [3.05, 3.63) is 30.4 Å².